The fraction of sp³-hybridized carbons (Fsp3) is 0.941. The second-order valence-electron chi connectivity index (χ2n) is 6.36. The minimum atomic E-state index is -0.314. The first-order valence-corrected chi connectivity index (χ1v) is 9.80. The first kappa shape index (κ1) is 20.2. The molecule has 2 nitrogen and oxygen atoms in total. The molecule has 0 saturated carbocycles. The van der Waals surface area contributed by atoms with Crippen LogP contribution >= 0.6 is 22.6 Å². The molecule has 0 aromatic carbocycles. The molecule has 0 unspecified atom stereocenters. The van der Waals surface area contributed by atoms with Gasteiger partial charge in [-0.2, -0.15) is 0 Å². The molecule has 0 rings (SSSR count). The van der Waals surface area contributed by atoms with Crippen molar-refractivity contribution in [1.29, 1.82) is 0 Å². The van der Waals surface area contributed by atoms with Crippen molar-refractivity contribution in [3.63, 3.8) is 0 Å². The van der Waals surface area contributed by atoms with Gasteiger partial charge in [0.1, 0.15) is 4.61 Å². The zero-order chi connectivity index (χ0) is 15.3. The second kappa shape index (κ2) is 12.9. The summed E-state index contributed by atoms with van der Waals surface area (Å²) in [5.74, 6) is -0.0529. The molecule has 0 aromatic heterocycles. The molecule has 0 aliphatic rings. The molecule has 0 atom stereocenters. The SMILES string of the molecule is CCCCCCCCCCCCC(C)(C)C(=O)OCI. The van der Waals surface area contributed by atoms with E-state index in [-0.39, 0.29) is 11.4 Å². The lowest BCUT2D eigenvalue weighted by Crippen LogP contribution is -2.26. The summed E-state index contributed by atoms with van der Waals surface area (Å²) >= 11 is 2.07. The molecular formula is C17H33IO2. The monoisotopic (exact) mass is 396 g/mol. The predicted molar refractivity (Wildman–Crippen MR) is 95.2 cm³/mol. The number of hydrogen-bond acceptors (Lipinski definition) is 2. The Labute approximate surface area is 139 Å². The molecule has 0 N–H and O–H groups in total. The van der Waals surface area contributed by atoms with Gasteiger partial charge in [0.05, 0.1) is 5.41 Å². The first-order valence-electron chi connectivity index (χ1n) is 8.27. The van der Waals surface area contributed by atoms with Crippen LogP contribution in [0.4, 0.5) is 0 Å². The maximum Gasteiger partial charge on any atom is 0.312 e. The van der Waals surface area contributed by atoms with Crippen LogP contribution in [0.1, 0.15) is 91.4 Å². The quantitative estimate of drug-likeness (QED) is 0.159. The Hall–Kier alpha value is 0.200. The molecule has 0 heterocycles. The second-order valence-corrected chi connectivity index (χ2v) is 6.98. The van der Waals surface area contributed by atoms with E-state index in [2.05, 4.69) is 29.5 Å². The Kier molecular flexibility index (Phi) is 13.0. The van der Waals surface area contributed by atoms with Crippen molar-refractivity contribution >= 4 is 28.6 Å². The Bertz CT molecular complexity index is 239. The number of carbonyl (C=O) groups is 1. The van der Waals surface area contributed by atoms with Crippen LogP contribution in [0.2, 0.25) is 0 Å². The lowest BCUT2D eigenvalue weighted by atomic mass is 9.87. The minimum Gasteiger partial charge on any atom is -0.455 e. The number of ether oxygens (including phenoxy) is 1. The van der Waals surface area contributed by atoms with Gasteiger partial charge >= 0.3 is 5.97 Å². The highest BCUT2D eigenvalue weighted by Crippen LogP contribution is 2.26. The Morgan fingerprint density at radius 2 is 1.35 bits per heavy atom. The number of esters is 1. The van der Waals surface area contributed by atoms with Crippen molar-refractivity contribution in [3.8, 4) is 0 Å². The van der Waals surface area contributed by atoms with Gasteiger partial charge in [0.25, 0.3) is 0 Å². The number of unbranched alkanes of at least 4 members (excludes halogenated alkanes) is 9. The third kappa shape index (κ3) is 10.9. The fourth-order valence-electron chi connectivity index (χ4n) is 2.40. The third-order valence-corrected chi connectivity index (χ3v) is 4.20. The van der Waals surface area contributed by atoms with E-state index in [1.807, 2.05) is 13.8 Å². The maximum atomic E-state index is 11.7. The van der Waals surface area contributed by atoms with Crippen LogP contribution in [0.3, 0.4) is 0 Å². The summed E-state index contributed by atoms with van der Waals surface area (Å²) < 4.78 is 5.55. The molecule has 0 aromatic rings. The predicted octanol–water partition coefficient (Wildman–Crippen LogP) is 6.26. The molecule has 0 saturated heterocycles. The van der Waals surface area contributed by atoms with Gasteiger partial charge in [-0.05, 0) is 42.9 Å². The summed E-state index contributed by atoms with van der Waals surface area (Å²) in [5, 5.41) is 0. The van der Waals surface area contributed by atoms with E-state index in [1.165, 1.54) is 57.8 Å². The van der Waals surface area contributed by atoms with Crippen LogP contribution in [0.5, 0.6) is 0 Å². The average Bonchev–Trinajstić information content (AvgIpc) is 2.41. The van der Waals surface area contributed by atoms with Crippen LogP contribution in [-0.2, 0) is 9.53 Å². The molecule has 0 spiro atoms. The first-order chi connectivity index (χ1) is 9.54. The molecule has 20 heavy (non-hydrogen) atoms. The zero-order valence-electron chi connectivity index (χ0n) is 13.7. The highest BCUT2D eigenvalue weighted by atomic mass is 127. The van der Waals surface area contributed by atoms with Gasteiger partial charge < -0.3 is 4.74 Å². The molecular weight excluding hydrogens is 363 g/mol. The summed E-state index contributed by atoms with van der Waals surface area (Å²) in [4.78, 5) is 11.7. The lowest BCUT2D eigenvalue weighted by Gasteiger charge is -2.21. The van der Waals surface area contributed by atoms with E-state index < -0.39 is 0 Å². The lowest BCUT2D eigenvalue weighted by molar-refractivity contribution is -0.151. The molecule has 0 aliphatic heterocycles. The van der Waals surface area contributed by atoms with E-state index in [0.29, 0.717) is 4.61 Å². The molecule has 3 heteroatoms. The van der Waals surface area contributed by atoms with Gasteiger partial charge in [-0.3, -0.25) is 4.79 Å². The minimum absolute atomic E-state index is 0.0529. The number of alkyl halides is 1. The summed E-state index contributed by atoms with van der Waals surface area (Å²) in [6.07, 6.45) is 14.3. The van der Waals surface area contributed by atoms with Crippen LogP contribution in [0, 0.1) is 5.41 Å². The number of rotatable bonds is 13. The van der Waals surface area contributed by atoms with Gasteiger partial charge in [-0.15, -0.1) is 0 Å². The van der Waals surface area contributed by atoms with Crippen molar-refractivity contribution in [2.45, 2.75) is 91.4 Å². The van der Waals surface area contributed by atoms with E-state index in [4.69, 9.17) is 4.74 Å². The molecule has 0 amide bonds. The summed E-state index contributed by atoms with van der Waals surface area (Å²) in [5.41, 5.74) is -0.314. The standard InChI is InChI=1S/C17H33IO2/c1-4-5-6-7-8-9-10-11-12-13-14-17(2,3)16(19)20-15-18/h4-15H2,1-3H3. The normalized spacial score (nSPS) is 11.6. The number of halogens is 1. The van der Waals surface area contributed by atoms with Crippen LogP contribution in [0.25, 0.3) is 0 Å². The maximum absolute atomic E-state index is 11.7. The van der Waals surface area contributed by atoms with Gasteiger partial charge in [-0.25, -0.2) is 0 Å². The van der Waals surface area contributed by atoms with Gasteiger partial charge in [0.2, 0.25) is 0 Å². The third-order valence-electron chi connectivity index (χ3n) is 3.89. The molecule has 120 valence electrons. The van der Waals surface area contributed by atoms with E-state index in [1.54, 1.807) is 0 Å². The van der Waals surface area contributed by atoms with Crippen LogP contribution in [-0.4, -0.2) is 10.6 Å². The van der Waals surface area contributed by atoms with Crippen molar-refractivity contribution in [2.75, 3.05) is 4.61 Å². The zero-order valence-corrected chi connectivity index (χ0v) is 15.8. The van der Waals surface area contributed by atoms with Crippen LogP contribution < -0.4 is 0 Å². The highest BCUT2D eigenvalue weighted by Gasteiger charge is 2.28. The fourth-order valence-corrected chi connectivity index (χ4v) is 2.68. The topological polar surface area (TPSA) is 26.3 Å². The van der Waals surface area contributed by atoms with Gasteiger partial charge in [0, 0.05) is 0 Å². The Balaban J connectivity index is 3.41. The number of hydrogen-bond donors (Lipinski definition) is 0. The smallest absolute Gasteiger partial charge is 0.312 e. The molecule has 0 radical (unpaired) electrons. The van der Waals surface area contributed by atoms with E-state index in [9.17, 15) is 4.79 Å². The van der Waals surface area contributed by atoms with E-state index >= 15 is 0 Å². The van der Waals surface area contributed by atoms with E-state index in [0.717, 1.165) is 12.8 Å². The largest absolute Gasteiger partial charge is 0.455 e. The van der Waals surface area contributed by atoms with Gasteiger partial charge in [0.15, 0.2) is 0 Å². The summed E-state index contributed by atoms with van der Waals surface area (Å²) in [7, 11) is 0. The number of carbonyl (C=O) groups excluding carboxylic acids is 1. The Morgan fingerprint density at radius 1 is 0.900 bits per heavy atom. The van der Waals surface area contributed by atoms with Crippen molar-refractivity contribution < 1.29 is 9.53 Å². The summed E-state index contributed by atoms with van der Waals surface area (Å²) in [6.45, 7) is 6.25. The van der Waals surface area contributed by atoms with Crippen molar-refractivity contribution in [2.24, 2.45) is 5.41 Å². The molecule has 0 bridgehead atoms. The van der Waals surface area contributed by atoms with Crippen molar-refractivity contribution in [1.82, 2.24) is 0 Å². The summed E-state index contributed by atoms with van der Waals surface area (Å²) in [6, 6.07) is 0. The highest BCUT2D eigenvalue weighted by molar-refractivity contribution is 14.1. The Morgan fingerprint density at radius 3 is 1.80 bits per heavy atom. The van der Waals surface area contributed by atoms with Crippen LogP contribution in [0.15, 0.2) is 0 Å². The van der Waals surface area contributed by atoms with Crippen molar-refractivity contribution in [3.05, 3.63) is 0 Å². The van der Waals surface area contributed by atoms with Gasteiger partial charge in [-0.1, -0.05) is 71.1 Å². The molecule has 0 fully saturated rings. The average molecular weight is 396 g/mol. The molecule has 0 aliphatic carbocycles.